The molecular formula is C17H25F2N3O2. The number of aliphatic hydroxyl groups is 1. The predicted molar refractivity (Wildman–Crippen MR) is 87.5 cm³/mol. The molecule has 0 aromatic heterocycles. The smallest absolute Gasteiger partial charge is 0.317 e. The van der Waals surface area contributed by atoms with Gasteiger partial charge in [0.15, 0.2) is 11.6 Å². The zero-order valence-corrected chi connectivity index (χ0v) is 14.1. The largest absolute Gasteiger partial charge is 0.392 e. The molecule has 1 heterocycles. The third kappa shape index (κ3) is 4.88. The van der Waals surface area contributed by atoms with Gasteiger partial charge in [-0.2, -0.15) is 0 Å². The quantitative estimate of drug-likeness (QED) is 0.861. The lowest BCUT2D eigenvalue weighted by atomic mass is 10.0. The van der Waals surface area contributed by atoms with Crippen LogP contribution in [0.25, 0.3) is 0 Å². The number of hydrogen-bond acceptors (Lipinski definition) is 3. The van der Waals surface area contributed by atoms with Gasteiger partial charge in [0.1, 0.15) is 0 Å². The molecule has 2 amide bonds. The van der Waals surface area contributed by atoms with Crippen LogP contribution in [0.4, 0.5) is 13.6 Å². The number of halogens is 2. The Morgan fingerprint density at radius 1 is 1.42 bits per heavy atom. The van der Waals surface area contributed by atoms with Gasteiger partial charge in [-0.15, -0.1) is 0 Å². The van der Waals surface area contributed by atoms with Crippen molar-refractivity contribution in [3.63, 3.8) is 0 Å². The van der Waals surface area contributed by atoms with Crippen molar-refractivity contribution in [3.05, 3.63) is 35.4 Å². The van der Waals surface area contributed by atoms with E-state index >= 15 is 0 Å². The maximum atomic E-state index is 13.6. The van der Waals surface area contributed by atoms with E-state index in [2.05, 4.69) is 10.2 Å². The van der Waals surface area contributed by atoms with E-state index in [-0.39, 0.29) is 24.2 Å². The summed E-state index contributed by atoms with van der Waals surface area (Å²) in [4.78, 5) is 16.0. The van der Waals surface area contributed by atoms with Gasteiger partial charge in [0, 0.05) is 37.8 Å². The van der Waals surface area contributed by atoms with Crippen molar-refractivity contribution in [2.24, 2.45) is 0 Å². The number of hydrogen-bond donors (Lipinski definition) is 2. The van der Waals surface area contributed by atoms with Gasteiger partial charge in [-0.3, -0.25) is 0 Å². The zero-order chi connectivity index (χ0) is 17.7. The summed E-state index contributed by atoms with van der Waals surface area (Å²) in [5, 5.41) is 12.1. The Labute approximate surface area is 141 Å². The van der Waals surface area contributed by atoms with Crippen LogP contribution in [0.5, 0.6) is 0 Å². The van der Waals surface area contributed by atoms with Crippen molar-refractivity contribution in [2.75, 3.05) is 26.7 Å². The summed E-state index contributed by atoms with van der Waals surface area (Å²) in [6.07, 6.45) is 1.27. The second-order valence-corrected chi connectivity index (χ2v) is 6.38. The molecule has 1 fully saturated rings. The van der Waals surface area contributed by atoms with Crippen molar-refractivity contribution in [1.82, 2.24) is 15.1 Å². The van der Waals surface area contributed by atoms with Gasteiger partial charge in [0.05, 0.1) is 6.10 Å². The Bertz CT molecular complexity index is 561. The van der Waals surface area contributed by atoms with E-state index in [1.807, 2.05) is 7.05 Å². The Morgan fingerprint density at radius 2 is 2.08 bits per heavy atom. The molecular weight excluding hydrogens is 316 g/mol. The maximum absolute atomic E-state index is 13.6. The minimum absolute atomic E-state index is 0.0374. The fourth-order valence-electron chi connectivity index (χ4n) is 3.04. The van der Waals surface area contributed by atoms with E-state index < -0.39 is 11.6 Å². The van der Waals surface area contributed by atoms with E-state index in [1.165, 1.54) is 12.1 Å². The number of likely N-dealkylation sites (tertiary alicyclic amines) is 1. The molecule has 0 radical (unpaired) electrons. The molecule has 0 spiro atoms. The van der Waals surface area contributed by atoms with Crippen LogP contribution in [0, 0.1) is 11.6 Å². The maximum Gasteiger partial charge on any atom is 0.317 e. The molecule has 1 saturated heterocycles. The van der Waals surface area contributed by atoms with Gasteiger partial charge in [-0.25, -0.2) is 13.6 Å². The first kappa shape index (κ1) is 18.6. The van der Waals surface area contributed by atoms with Gasteiger partial charge >= 0.3 is 6.03 Å². The first-order chi connectivity index (χ1) is 11.4. The number of aliphatic hydroxyl groups excluding tert-OH is 1. The Kier molecular flexibility index (Phi) is 6.51. The Hall–Kier alpha value is -1.73. The Balaban J connectivity index is 1.79. The van der Waals surface area contributed by atoms with Crippen LogP contribution < -0.4 is 5.32 Å². The molecule has 1 aliphatic rings. The van der Waals surface area contributed by atoms with E-state index in [9.17, 15) is 18.7 Å². The highest BCUT2D eigenvalue weighted by molar-refractivity contribution is 5.74. The summed E-state index contributed by atoms with van der Waals surface area (Å²) in [7, 11) is 1.97. The van der Waals surface area contributed by atoms with Gasteiger partial charge in [-0.05, 0) is 32.9 Å². The highest BCUT2D eigenvalue weighted by Crippen LogP contribution is 2.16. The normalized spacial score (nSPS) is 17.2. The monoisotopic (exact) mass is 341 g/mol. The van der Waals surface area contributed by atoms with Crippen LogP contribution in [-0.2, 0) is 6.54 Å². The summed E-state index contributed by atoms with van der Waals surface area (Å²) in [6.45, 7) is 3.53. The topological polar surface area (TPSA) is 55.8 Å². The second kappa shape index (κ2) is 8.39. The highest BCUT2D eigenvalue weighted by Gasteiger charge is 2.25. The molecule has 24 heavy (non-hydrogen) atoms. The molecule has 1 aromatic rings. The highest BCUT2D eigenvalue weighted by atomic mass is 19.2. The number of piperidine rings is 1. The number of carbonyl (C=O) groups is 1. The molecule has 0 aliphatic carbocycles. The van der Waals surface area contributed by atoms with Crippen molar-refractivity contribution in [2.45, 2.75) is 38.5 Å². The molecule has 5 nitrogen and oxygen atoms in total. The molecule has 7 heteroatoms. The third-order valence-electron chi connectivity index (χ3n) is 4.39. The lowest BCUT2D eigenvalue weighted by Crippen LogP contribution is -2.49. The van der Waals surface area contributed by atoms with Gasteiger partial charge in [-0.1, -0.05) is 12.1 Å². The van der Waals surface area contributed by atoms with Crippen LogP contribution in [0.1, 0.15) is 25.3 Å². The van der Waals surface area contributed by atoms with Crippen molar-refractivity contribution < 1.29 is 18.7 Å². The summed E-state index contributed by atoms with van der Waals surface area (Å²) in [6, 6.07) is 3.99. The van der Waals surface area contributed by atoms with Crippen LogP contribution in [-0.4, -0.2) is 59.8 Å². The lowest BCUT2D eigenvalue weighted by molar-refractivity contribution is 0.0874. The van der Waals surface area contributed by atoms with E-state index in [1.54, 1.807) is 11.8 Å². The van der Waals surface area contributed by atoms with Crippen LogP contribution in [0.3, 0.4) is 0 Å². The fourth-order valence-corrected chi connectivity index (χ4v) is 3.04. The first-order valence-electron chi connectivity index (χ1n) is 8.22. The third-order valence-corrected chi connectivity index (χ3v) is 4.39. The first-order valence-corrected chi connectivity index (χ1v) is 8.22. The SMILES string of the molecule is CC(O)CN(C)C1CCN(C(=O)NCc2cccc(F)c2F)CC1. The number of nitrogens with zero attached hydrogens (tertiary/aromatic N) is 2. The number of rotatable bonds is 5. The Morgan fingerprint density at radius 3 is 2.71 bits per heavy atom. The average Bonchev–Trinajstić information content (AvgIpc) is 2.55. The molecule has 0 saturated carbocycles. The van der Waals surface area contributed by atoms with E-state index in [0.717, 1.165) is 18.9 Å². The molecule has 1 unspecified atom stereocenters. The fraction of sp³-hybridized carbons (Fsp3) is 0.588. The van der Waals surface area contributed by atoms with Crippen LogP contribution in [0.2, 0.25) is 0 Å². The number of nitrogens with one attached hydrogen (secondary N) is 1. The predicted octanol–water partition coefficient (Wildman–Crippen LogP) is 1.95. The number of benzene rings is 1. The molecule has 0 bridgehead atoms. The molecule has 2 N–H and O–H groups in total. The molecule has 1 atom stereocenters. The number of carbonyl (C=O) groups excluding carboxylic acids is 1. The van der Waals surface area contributed by atoms with Crippen molar-refractivity contribution in [1.29, 1.82) is 0 Å². The lowest BCUT2D eigenvalue weighted by Gasteiger charge is -2.37. The van der Waals surface area contributed by atoms with Gasteiger partial charge < -0.3 is 20.2 Å². The number of amides is 2. The van der Waals surface area contributed by atoms with E-state index in [0.29, 0.717) is 25.7 Å². The summed E-state index contributed by atoms with van der Waals surface area (Å²) in [5.74, 6) is -1.83. The van der Waals surface area contributed by atoms with Crippen molar-refractivity contribution in [3.8, 4) is 0 Å². The second-order valence-electron chi connectivity index (χ2n) is 6.38. The van der Waals surface area contributed by atoms with Gasteiger partial charge in [0.2, 0.25) is 0 Å². The molecule has 134 valence electrons. The van der Waals surface area contributed by atoms with Gasteiger partial charge in [0.25, 0.3) is 0 Å². The number of likely N-dealkylation sites (N-methyl/N-ethyl adjacent to an activating group) is 1. The zero-order valence-electron chi connectivity index (χ0n) is 14.1. The minimum Gasteiger partial charge on any atom is -0.392 e. The summed E-state index contributed by atoms with van der Waals surface area (Å²) >= 11 is 0. The summed E-state index contributed by atoms with van der Waals surface area (Å²) < 4.78 is 26.7. The molecule has 1 aliphatic heterocycles. The molecule has 1 aromatic carbocycles. The van der Waals surface area contributed by atoms with Crippen LogP contribution >= 0.6 is 0 Å². The standard InChI is InChI=1S/C17H25F2N3O2/c1-12(23)11-21(2)14-6-8-22(9-7-14)17(24)20-10-13-4-3-5-15(18)16(13)19/h3-5,12,14,23H,6-11H2,1-2H3,(H,20,24). The summed E-state index contributed by atoms with van der Waals surface area (Å²) in [5.41, 5.74) is 0.134. The van der Waals surface area contributed by atoms with Crippen molar-refractivity contribution >= 4 is 6.03 Å². The van der Waals surface area contributed by atoms with Crippen LogP contribution in [0.15, 0.2) is 18.2 Å². The average molecular weight is 341 g/mol. The molecule has 2 rings (SSSR count). The number of urea groups is 1. The van der Waals surface area contributed by atoms with E-state index in [4.69, 9.17) is 0 Å². The minimum atomic E-state index is -0.920.